The van der Waals surface area contributed by atoms with Crippen LogP contribution < -0.4 is 9.91 Å². The van der Waals surface area contributed by atoms with Crippen molar-refractivity contribution >= 4 is 28.9 Å². The molecule has 0 bridgehead atoms. The highest BCUT2D eigenvalue weighted by Gasteiger charge is 2.55. The van der Waals surface area contributed by atoms with Crippen molar-refractivity contribution in [3.8, 4) is 0 Å². The van der Waals surface area contributed by atoms with E-state index in [1.54, 1.807) is 12.1 Å². The van der Waals surface area contributed by atoms with Gasteiger partial charge in [-0.2, -0.15) is 5.11 Å². The average Bonchev–Trinajstić information content (AvgIpc) is 3.17. The molecule has 4 rings (SSSR count). The fourth-order valence-electron chi connectivity index (χ4n) is 3.05. The number of benzene rings is 2. The van der Waals surface area contributed by atoms with E-state index in [9.17, 15) is 19.7 Å². The third kappa shape index (κ3) is 2.32. The highest BCUT2D eigenvalue weighted by atomic mass is 16.6. The van der Waals surface area contributed by atoms with Gasteiger partial charge in [-0.05, 0) is 31.2 Å². The predicted molar refractivity (Wildman–Crippen MR) is 91.7 cm³/mol. The Labute approximate surface area is 147 Å². The highest BCUT2D eigenvalue weighted by molar-refractivity contribution is 6.26. The first-order chi connectivity index (χ1) is 12.5. The maximum atomic E-state index is 12.9. The second-order valence-electron chi connectivity index (χ2n) is 6.06. The number of non-ortho nitro benzene ring substituents is 1. The molecule has 0 saturated carbocycles. The van der Waals surface area contributed by atoms with Crippen LogP contribution in [0.5, 0.6) is 0 Å². The van der Waals surface area contributed by atoms with Crippen molar-refractivity contribution < 1.29 is 14.5 Å². The first-order valence-electron chi connectivity index (χ1n) is 7.86. The minimum atomic E-state index is -0.918. The Bertz CT molecular complexity index is 939. The topological polar surface area (TPSA) is 108 Å². The maximum absolute atomic E-state index is 12.9. The van der Waals surface area contributed by atoms with Gasteiger partial charge in [0.05, 0.1) is 16.3 Å². The Balaban J connectivity index is 1.65. The molecule has 0 aliphatic carbocycles. The van der Waals surface area contributed by atoms with Crippen molar-refractivity contribution in [1.82, 2.24) is 0 Å². The van der Waals surface area contributed by atoms with Gasteiger partial charge >= 0.3 is 0 Å². The molecule has 2 aliphatic rings. The van der Waals surface area contributed by atoms with Gasteiger partial charge in [0.1, 0.15) is 0 Å². The zero-order valence-electron chi connectivity index (χ0n) is 13.6. The predicted octanol–water partition coefficient (Wildman–Crippen LogP) is 2.40. The number of hydrogen-bond acceptors (Lipinski definition) is 7. The molecule has 0 radical (unpaired) electrons. The van der Waals surface area contributed by atoms with Crippen LogP contribution >= 0.6 is 0 Å². The number of carbonyl (C=O) groups excluding carboxylic acids is 2. The summed E-state index contributed by atoms with van der Waals surface area (Å²) in [7, 11) is 0. The maximum Gasteiger partial charge on any atom is 0.269 e. The number of aryl methyl sites for hydroxylation is 1. The van der Waals surface area contributed by atoms with Crippen molar-refractivity contribution in [3.05, 3.63) is 64.2 Å². The first kappa shape index (κ1) is 15.9. The Hall–Kier alpha value is -3.62. The summed E-state index contributed by atoms with van der Waals surface area (Å²) in [6, 6.07) is 10.8. The van der Waals surface area contributed by atoms with Gasteiger partial charge in [-0.25, -0.2) is 9.91 Å². The largest absolute Gasteiger partial charge is 0.271 e. The SMILES string of the molecule is Cc1ccc(N2C(=O)C3N=NN(c4ccc([N+](=O)[O-])cc4)C3C2=O)cc1. The summed E-state index contributed by atoms with van der Waals surface area (Å²) in [6.07, 6.45) is 0. The zero-order valence-corrected chi connectivity index (χ0v) is 13.6. The molecular weight excluding hydrogens is 338 g/mol. The first-order valence-corrected chi connectivity index (χ1v) is 7.86. The molecule has 130 valence electrons. The van der Waals surface area contributed by atoms with Gasteiger partial charge in [0.15, 0.2) is 12.1 Å². The van der Waals surface area contributed by atoms with Gasteiger partial charge in [0.2, 0.25) is 0 Å². The van der Waals surface area contributed by atoms with Crippen molar-refractivity contribution in [2.75, 3.05) is 9.91 Å². The quantitative estimate of drug-likeness (QED) is 0.479. The normalized spacial score (nSPS) is 21.4. The summed E-state index contributed by atoms with van der Waals surface area (Å²) in [5.74, 6) is -0.857. The molecule has 26 heavy (non-hydrogen) atoms. The van der Waals surface area contributed by atoms with Gasteiger partial charge in [0, 0.05) is 12.1 Å². The van der Waals surface area contributed by atoms with Crippen molar-refractivity contribution in [3.63, 3.8) is 0 Å². The zero-order chi connectivity index (χ0) is 18.4. The Morgan fingerprint density at radius 2 is 1.58 bits per heavy atom. The molecule has 9 heteroatoms. The third-order valence-electron chi connectivity index (χ3n) is 4.40. The Kier molecular flexibility index (Phi) is 3.50. The van der Waals surface area contributed by atoms with Crippen LogP contribution in [0.15, 0.2) is 58.9 Å². The highest BCUT2D eigenvalue weighted by Crippen LogP contribution is 2.35. The molecule has 1 saturated heterocycles. The molecule has 0 aromatic heterocycles. The smallest absolute Gasteiger partial charge is 0.269 e. The van der Waals surface area contributed by atoms with E-state index in [2.05, 4.69) is 10.3 Å². The lowest BCUT2D eigenvalue weighted by atomic mass is 10.1. The van der Waals surface area contributed by atoms with E-state index in [4.69, 9.17) is 0 Å². The lowest BCUT2D eigenvalue weighted by Crippen LogP contribution is -2.39. The summed E-state index contributed by atoms with van der Waals surface area (Å²) in [6.45, 7) is 1.91. The van der Waals surface area contributed by atoms with Gasteiger partial charge in [-0.3, -0.25) is 19.7 Å². The van der Waals surface area contributed by atoms with Gasteiger partial charge < -0.3 is 0 Å². The average molecular weight is 351 g/mol. The van der Waals surface area contributed by atoms with Gasteiger partial charge in [-0.15, -0.1) is 0 Å². The number of nitro groups is 1. The van der Waals surface area contributed by atoms with E-state index >= 15 is 0 Å². The van der Waals surface area contributed by atoms with Gasteiger partial charge in [0.25, 0.3) is 17.5 Å². The van der Waals surface area contributed by atoms with E-state index in [0.717, 1.165) is 10.5 Å². The van der Waals surface area contributed by atoms with Crippen LogP contribution in [0, 0.1) is 17.0 Å². The second kappa shape index (κ2) is 5.73. The van der Waals surface area contributed by atoms with E-state index in [1.807, 2.05) is 19.1 Å². The summed E-state index contributed by atoms with van der Waals surface area (Å²) < 4.78 is 0. The van der Waals surface area contributed by atoms with E-state index < -0.39 is 28.8 Å². The summed E-state index contributed by atoms with van der Waals surface area (Å²) >= 11 is 0. The molecular formula is C17H13N5O4. The number of carbonyl (C=O) groups is 2. The number of hydrogen-bond donors (Lipinski definition) is 0. The number of nitro benzene ring substituents is 1. The molecule has 0 spiro atoms. The van der Waals surface area contributed by atoms with Crippen LogP contribution in [0.25, 0.3) is 0 Å². The van der Waals surface area contributed by atoms with E-state index in [1.165, 1.54) is 29.3 Å². The van der Waals surface area contributed by atoms with Crippen LogP contribution in [0.2, 0.25) is 0 Å². The molecule has 0 N–H and O–H groups in total. The second-order valence-corrected chi connectivity index (χ2v) is 6.06. The molecule has 2 atom stereocenters. The van der Waals surface area contributed by atoms with Crippen LogP contribution in [0.4, 0.5) is 17.1 Å². The van der Waals surface area contributed by atoms with E-state index in [0.29, 0.717) is 11.4 Å². The fourth-order valence-corrected chi connectivity index (χ4v) is 3.05. The Morgan fingerprint density at radius 3 is 2.19 bits per heavy atom. The molecule has 1 fully saturated rings. The summed E-state index contributed by atoms with van der Waals surface area (Å²) in [5, 5.41) is 20.0. The van der Waals surface area contributed by atoms with Crippen LogP contribution in [-0.2, 0) is 9.59 Å². The van der Waals surface area contributed by atoms with Crippen molar-refractivity contribution in [2.45, 2.75) is 19.0 Å². The third-order valence-corrected chi connectivity index (χ3v) is 4.40. The summed E-state index contributed by atoms with van der Waals surface area (Å²) in [4.78, 5) is 36.9. The van der Waals surface area contributed by atoms with Crippen LogP contribution in [0.1, 0.15) is 5.56 Å². The molecule has 9 nitrogen and oxygen atoms in total. The van der Waals surface area contributed by atoms with Gasteiger partial charge in [-0.1, -0.05) is 22.9 Å². The lowest BCUT2D eigenvalue weighted by molar-refractivity contribution is -0.384. The molecule has 2 unspecified atom stereocenters. The molecule has 2 aromatic rings. The number of anilines is 2. The van der Waals surface area contributed by atoms with Crippen LogP contribution in [-0.4, -0.2) is 28.8 Å². The number of amides is 2. The minimum absolute atomic E-state index is 0.0726. The van der Waals surface area contributed by atoms with Crippen molar-refractivity contribution in [2.24, 2.45) is 10.3 Å². The number of nitrogens with zero attached hydrogens (tertiary/aromatic N) is 5. The summed E-state index contributed by atoms with van der Waals surface area (Å²) in [5.41, 5.74) is 1.88. The van der Waals surface area contributed by atoms with E-state index in [-0.39, 0.29) is 5.69 Å². The molecule has 2 heterocycles. The fraction of sp³-hybridized carbons (Fsp3) is 0.176. The number of imide groups is 1. The molecule has 2 aliphatic heterocycles. The number of rotatable bonds is 3. The lowest BCUT2D eigenvalue weighted by Gasteiger charge is -2.20. The molecule has 2 amide bonds. The monoisotopic (exact) mass is 351 g/mol. The minimum Gasteiger partial charge on any atom is -0.271 e. The van der Waals surface area contributed by atoms with Crippen LogP contribution in [0.3, 0.4) is 0 Å². The standard InChI is InChI=1S/C17H13N5O4/c1-10-2-4-11(5-3-10)20-16(23)14-15(17(20)24)21(19-18-14)12-6-8-13(9-7-12)22(25)26/h2-9,14-15H,1H3. The van der Waals surface area contributed by atoms with Crippen molar-refractivity contribution in [1.29, 1.82) is 0 Å². The Morgan fingerprint density at radius 1 is 0.962 bits per heavy atom. The number of fused-ring (bicyclic) bond motifs is 1. The molecule has 2 aromatic carbocycles.